The van der Waals surface area contributed by atoms with Crippen molar-refractivity contribution in [3.63, 3.8) is 0 Å². The predicted molar refractivity (Wildman–Crippen MR) is 79.7 cm³/mol. The van der Waals surface area contributed by atoms with E-state index in [1.807, 2.05) is 11.4 Å². The number of hydrogen-bond acceptors (Lipinski definition) is 5. The van der Waals surface area contributed by atoms with Crippen molar-refractivity contribution in [1.82, 2.24) is 15.2 Å². The molecule has 2 N–H and O–H groups in total. The molecule has 0 radical (unpaired) electrons. The van der Waals surface area contributed by atoms with Crippen molar-refractivity contribution in [2.24, 2.45) is 0 Å². The van der Waals surface area contributed by atoms with Crippen molar-refractivity contribution in [3.05, 3.63) is 39.3 Å². The maximum atomic E-state index is 11.9. The lowest BCUT2D eigenvalue weighted by Gasteiger charge is -1.97. The van der Waals surface area contributed by atoms with Crippen LogP contribution in [0.25, 0.3) is 9.88 Å². The zero-order chi connectivity index (χ0) is 13.2. The van der Waals surface area contributed by atoms with Gasteiger partial charge in [-0.2, -0.15) is 5.10 Å². The molecule has 0 aliphatic heterocycles. The third kappa shape index (κ3) is 2.75. The van der Waals surface area contributed by atoms with Crippen molar-refractivity contribution in [2.45, 2.75) is 0 Å². The number of aromatic amines is 1. The highest BCUT2D eigenvalue weighted by atomic mass is 79.9. The minimum atomic E-state index is -0.248. The van der Waals surface area contributed by atoms with Crippen molar-refractivity contribution in [2.75, 3.05) is 5.32 Å². The minimum absolute atomic E-state index is 0.248. The maximum Gasteiger partial charge on any atom is 0.276 e. The summed E-state index contributed by atoms with van der Waals surface area (Å²) in [7, 11) is 0. The van der Waals surface area contributed by atoms with Crippen LogP contribution < -0.4 is 5.32 Å². The molecule has 0 bridgehead atoms. The van der Waals surface area contributed by atoms with E-state index in [0.29, 0.717) is 11.5 Å². The monoisotopic (exact) mass is 354 g/mol. The third-order valence-corrected chi connectivity index (χ3v) is 4.97. The molecule has 1 amide bonds. The average Bonchev–Trinajstić information content (AvgIpc) is 3.07. The lowest BCUT2D eigenvalue weighted by atomic mass is 10.4. The van der Waals surface area contributed by atoms with E-state index in [1.54, 1.807) is 29.0 Å². The van der Waals surface area contributed by atoms with E-state index in [4.69, 9.17) is 0 Å². The average molecular weight is 355 g/mol. The van der Waals surface area contributed by atoms with E-state index < -0.39 is 0 Å². The summed E-state index contributed by atoms with van der Waals surface area (Å²) in [5.74, 6) is 0.306. The van der Waals surface area contributed by atoms with E-state index in [0.717, 1.165) is 14.4 Å². The van der Waals surface area contributed by atoms with Crippen molar-refractivity contribution < 1.29 is 4.79 Å². The molecule has 0 saturated carbocycles. The first-order chi connectivity index (χ1) is 9.22. The van der Waals surface area contributed by atoms with E-state index in [9.17, 15) is 4.79 Å². The van der Waals surface area contributed by atoms with Gasteiger partial charge in [0.2, 0.25) is 0 Å². The fourth-order valence-electron chi connectivity index (χ4n) is 1.43. The number of nitrogens with zero attached hydrogens (tertiary/aromatic N) is 2. The first-order valence-electron chi connectivity index (χ1n) is 5.23. The van der Waals surface area contributed by atoms with E-state index in [1.165, 1.54) is 11.3 Å². The molecule has 0 saturated heterocycles. The molecule has 3 heterocycles. The Kier molecular flexibility index (Phi) is 3.45. The molecule has 5 nitrogen and oxygen atoms in total. The number of halogens is 1. The number of rotatable bonds is 3. The zero-order valence-electron chi connectivity index (χ0n) is 9.38. The molecule has 19 heavy (non-hydrogen) atoms. The third-order valence-electron chi connectivity index (χ3n) is 2.26. The van der Waals surface area contributed by atoms with Gasteiger partial charge in [-0.25, -0.2) is 4.98 Å². The van der Waals surface area contributed by atoms with Crippen LogP contribution in [0.5, 0.6) is 0 Å². The van der Waals surface area contributed by atoms with E-state index in [2.05, 4.69) is 36.4 Å². The molecule has 0 aliphatic rings. The number of carbonyl (C=O) groups is 1. The Morgan fingerprint density at radius 2 is 2.26 bits per heavy atom. The van der Waals surface area contributed by atoms with Crippen LogP contribution >= 0.6 is 38.6 Å². The highest BCUT2D eigenvalue weighted by Crippen LogP contribution is 2.32. The zero-order valence-corrected chi connectivity index (χ0v) is 12.6. The second-order valence-corrected chi connectivity index (χ2v) is 6.28. The van der Waals surface area contributed by atoms with Crippen LogP contribution in [0.2, 0.25) is 0 Å². The summed E-state index contributed by atoms with van der Waals surface area (Å²) < 4.78 is 1.02. The quantitative estimate of drug-likeness (QED) is 0.754. The van der Waals surface area contributed by atoms with Crippen molar-refractivity contribution in [1.29, 1.82) is 0 Å². The van der Waals surface area contributed by atoms with Gasteiger partial charge in [0.15, 0.2) is 0 Å². The second-order valence-electron chi connectivity index (χ2n) is 3.59. The molecule has 0 fully saturated rings. The number of nitrogens with one attached hydrogen (secondary N) is 2. The standard InChI is InChI=1S/C11H7BrN4OS2/c12-6-3-8(18-4-6)11-14-7(5-19-11)10(17)15-9-1-2-13-16-9/h1-5H,(H2,13,15,16,17). The molecule has 0 unspecified atom stereocenters. The molecule has 0 aromatic carbocycles. The predicted octanol–water partition coefficient (Wildman–Crippen LogP) is 3.61. The Morgan fingerprint density at radius 1 is 1.37 bits per heavy atom. The Labute approximate surface area is 124 Å². The van der Waals surface area contributed by atoms with Gasteiger partial charge in [0, 0.05) is 21.3 Å². The molecular weight excluding hydrogens is 348 g/mol. The van der Waals surface area contributed by atoms with Crippen molar-refractivity contribution in [3.8, 4) is 9.88 Å². The van der Waals surface area contributed by atoms with Crippen LogP contribution in [0, 0.1) is 0 Å². The second kappa shape index (κ2) is 5.24. The van der Waals surface area contributed by atoms with Gasteiger partial charge in [-0.15, -0.1) is 22.7 Å². The first-order valence-corrected chi connectivity index (χ1v) is 7.78. The van der Waals surface area contributed by atoms with Crippen LogP contribution in [-0.4, -0.2) is 21.1 Å². The fourth-order valence-corrected chi connectivity index (χ4v) is 3.74. The SMILES string of the molecule is O=C(Nc1ccn[nH]1)c1csc(-c2cc(Br)cs2)n1. The number of thiazole rings is 1. The number of thiophene rings is 1. The molecular formula is C11H7BrN4OS2. The van der Waals surface area contributed by atoms with Crippen LogP contribution in [0.1, 0.15) is 10.5 Å². The summed E-state index contributed by atoms with van der Waals surface area (Å²) in [6.45, 7) is 0. The number of carbonyl (C=O) groups excluding carboxylic acids is 1. The summed E-state index contributed by atoms with van der Waals surface area (Å²) in [5, 5.41) is 13.7. The number of anilines is 1. The first kappa shape index (κ1) is 12.5. The molecule has 3 rings (SSSR count). The van der Waals surface area contributed by atoms with E-state index in [-0.39, 0.29) is 5.91 Å². The highest BCUT2D eigenvalue weighted by molar-refractivity contribution is 9.10. The summed E-state index contributed by atoms with van der Waals surface area (Å²) in [4.78, 5) is 17.3. The lowest BCUT2D eigenvalue weighted by Crippen LogP contribution is -2.12. The Morgan fingerprint density at radius 3 is 2.95 bits per heavy atom. The van der Waals surface area contributed by atoms with Crippen LogP contribution in [-0.2, 0) is 0 Å². The smallest absolute Gasteiger partial charge is 0.276 e. The molecule has 96 valence electrons. The summed E-state index contributed by atoms with van der Waals surface area (Å²) in [6, 6.07) is 3.67. The van der Waals surface area contributed by atoms with Crippen molar-refractivity contribution >= 4 is 50.3 Å². The summed E-state index contributed by atoms with van der Waals surface area (Å²) >= 11 is 6.44. The normalized spacial score (nSPS) is 10.6. The fraction of sp³-hybridized carbons (Fsp3) is 0. The van der Waals surface area contributed by atoms with Gasteiger partial charge in [-0.1, -0.05) is 0 Å². The molecule has 0 aliphatic carbocycles. The molecule has 3 aromatic heterocycles. The van der Waals surface area contributed by atoms with Gasteiger partial charge in [0.1, 0.15) is 16.5 Å². The molecule has 0 atom stereocenters. The summed E-state index contributed by atoms with van der Waals surface area (Å²) in [6.07, 6.45) is 1.57. The minimum Gasteiger partial charge on any atom is -0.306 e. The van der Waals surface area contributed by atoms with Crippen LogP contribution in [0.4, 0.5) is 5.82 Å². The number of hydrogen-bond donors (Lipinski definition) is 2. The number of amides is 1. The Bertz CT molecular complexity index is 704. The van der Waals surface area contributed by atoms with Gasteiger partial charge >= 0.3 is 0 Å². The Balaban J connectivity index is 1.79. The van der Waals surface area contributed by atoms with Crippen LogP contribution in [0.3, 0.4) is 0 Å². The van der Waals surface area contributed by atoms with Gasteiger partial charge < -0.3 is 5.32 Å². The maximum absolute atomic E-state index is 11.9. The lowest BCUT2D eigenvalue weighted by molar-refractivity contribution is 0.102. The Hall–Kier alpha value is -1.51. The summed E-state index contributed by atoms with van der Waals surface area (Å²) in [5.41, 5.74) is 0.402. The van der Waals surface area contributed by atoms with Gasteiger partial charge in [-0.3, -0.25) is 9.89 Å². The highest BCUT2D eigenvalue weighted by Gasteiger charge is 2.13. The number of H-pyrrole nitrogens is 1. The van der Waals surface area contributed by atoms with Gasteiger partial charge in [0.25, 0.3) is 5.91 Å². The molecule has 3 aromatic rings. The van der Waals surface area contributed by atoms with Crippen LogP contribution in [0.15, 0.2) is 33.6 Å². The van der Waals surface area contributed by atoms with Gasteiger partial charge in [-0.05, 0) is 22.0 Å². The van der Waals surface area contributed by atoms with Gasteiger partial charge in [0.05, 0.1) is 11.1 Å². The molecule has 0 spiro atoms. The number of aromatic nitrogens is 3. The van der Waals surface area contributed by atoms with E-state index >= 15 is 0 Å². The topological polar surface area (TPSA) is 70.7 Å². The largest absolute Gasteiger partial charge is 0.306 e. The molecule has 8 heteroatoms.